The molecular weight excluding hydrogens is 538 g/mol. The van der Waals surface area contributed by atoms with Crippen LogP contribution in [0.5, 0.6) is 0 Å². The van der Waals surface area contributed by atoms with Gasteiger partial charge in [0.2, 0.25) is 0 Å². The summed E-state index contributed by atoms with van der Waals surface area (Å²) in [5.74, 6) is -0.541. The number of hydrogen-bond acceptors (Lipinski definition) is 11. The van der Waals surface area contributed by atoms with Crippen molar-refractivity contribution in [2.75, 3.05) is 70.5 Å². The van der Waals surface area contributed by atoms with Crippen LogP contribution in [0.25, 0.3) is 0 Å². The molecule has 0 unspecified atom stereocenters. The molecule has 2 amide bonds. The Morgan fingerprint density at radius 1 is 0.486 bits per heavy atom. The van der Waals surface area contributed by atoms with Crippen LogP contribution in [-0.4, -0.2) is 114 Å². The molecule has 0 aromatic rings. The highest BCUT2D eigenvalue weighted by molar-refractivity contribution is 6.61. The molecule has 1 aliphatic heterocycles. The molecule has 0 saturated heterocycles. The van der Waals surface area contributed by atoms with Crippen LogP contribution in [-0.2, 0) is 49.4 Å². The standard InChI is InChI=1S/C22H45NO11Si3/c1-26-35(27-2,28-3)16-10-13-19-20(14-11-17-36(29-4,30-5)31-6)22(25)23(21(19)24)15-12-18-37(32-7,33-8)34-9/h10-18H2,1-9H3. The van der Waals surface area contributed by atoms with Crippen LogP contribution in [0.4, 0.5) is 0 Å². The normalized spacial score (nSPS) is 15.4. The molecule has 0 aliphatic carbocycles. The first-order chi connectivity index (χ1) is 17.7. The highest BCUT2D eigenvalue weighted by Gasteiger charge is 2.43. The Morgan fingerprint density at radius 2 is 0.757 bits per heavy atom. The number of carbonyl (C=O) groups excluding carboxylic acids is 2. The maximum absolute atomic E-state index is 13.4. The summed E-state index contributed by atoms with van der Waals surface area (Å²) in [6.45, 7) is 0.245. The van der Waals surface area contributed by atoms with Crippen LogP contribution >= 0.6 is 0 Å². The molecule has 37 heavy (non-hydrogen) atoms. The van der Waals surface area contributed by atoms with Gasteiger partial charge in [-0.25, -0.2) is 0 Å². The number of imide groups is 1. The first-order valence-electron chi connectivity index (χ1n) is 12.2. The minimum atomic E-state index is -2.81. The summed E-state index contributed by atoms with van der Waals surface area (Å²) < 4.78 is 49.4. The van der Waals surface area contributed by atoms with Crippen LogP contribution in [0.15, 0.2) is 11.1 Å². The summed E-state index contributed by atoms with van der Waals surface area (Å²) in [6, 6.07) is 1.52. The molecule has 0 spiro atoms. The minimum absolute atomic E-state index is 0.245. The van der Waals surface area contributed by atoms with Gasteiger partial charge in [0.25, 0.3) is 11.8 Å². The summed E-state index contributed by atoms with van der Waals surface area (Å²) in [6.07, 6.45) is 2.48. The van der Waals surface area contributed by atoms with Gasteiger partial charge in [0.1, 0.15) is 0 Å². The Labute approximate surface area is 224 Å². The van der Waals surface area contributed by atoms with Gasteiger partial charge < -0.3 is 39.8 Å². The second-order valence-corrected chi connectivity index (χ2v) is 17.7. The van der Waals surface area contributed by atoms with Gasteiger partial charge in [-0.05, 0) is 32.1 Å². The van der Waals surface area contributed by atoms with Gasteiger partial charge in [0.15, 0.2) is 0 Å². The van der Waals surface area contributed by atoms with Crippen LogP contribution < -0.4 is 0 Å². The summed E-state index contributed by atoms with van der Waals surface area (Å²) in [7, 11) is 5.51. The van der Waals surface area contributed by atoms with Gasteiger partial charge in [0.05, 0.1) is 0 Å². The molecule has 0 N–H and O–H groups in total. The second kappa shape index (κ2) is 16.3. The third kappa shape index (κ3) is 8.58. The molecule has 0 aromatic heterocycles. The average Bonchev–Trinajstić information content (AvgIpc) is 3.16. The van der Waals surface area contributed by atoms with E-state index < -0.39 is 26.4 Å². The first kappa shape index (κ1) is 34.2. The van der Waals surface area contributed by atoms with E-state index in [1.807, 2.05) is 0 Å². The Balaban J connectivity index is 3.04. The lowest BCUT2D eigenvalue weighted by Gasteiger charge is -2.25. The van der Waals surface area contributed by atoms with E-state index in [0.717, 1.165) is 0 Å². The van der Waals surface area contributed by atoms with Gasteiger partial charge >= 0.3 is 26.4 Å². The molecule has 0 fully saturated rings. The van der Waals surface area contributed by atoms with Crippen molar-refractivity contribution in [3.63, 3.8) is 0 Å². The summed E-state index contributed by atoms with van der Waals surface area (Å²) >= 11 is 0. The number of nitrogens with zero attached hydrogens (tertiary/aromatic N) is 1. The van der Waals surface area contributed by atoms with Gasteiger partial charge in [-0.1, -0.05) is 0 Å². The average molecular weight is 584 g/mol. The number of hydrogen-bond donors (Lipinski definition) is 0. The first-order valence-corrected chi connectivity index (χ1v) is 18.0. The molecule has 0 atom stereocenters. The van der Waals surface area contributed by atoms with Crippen molar-refractivity contribution >= 4 is 38.2 Å². The fourth-order valence-electron chi connectivity index (χ4n) is 4.48. The number of rotatable bonds is 21. The van der Waals surface area contributed by atoms with Gasteiger partial charge in [-0.15, -0.1) is 0 Å². The Kier molecular flexibility index (Phi) is 15.1. The maximum atomic E-state index is 13.4. The van der Waals surface area contributed by atoms with Crippen molar-refractivity contribution in [3.05, 3.63) is 11.1 Å². The third-order valence-corrected chi connectivity index (χ3v) is 15.3. The van der Waals surface area contributed by atoms with E-state index in [0.29, 0.717) is 61.4 Å². The zero-order chi connectivity index (χ0) is 28.1. The quantitative estimate of drug-likeness (QED) is 0.146. The van der Waals surface area contributed by atoms with E-state index in [1.165, 1.54) is 26.2 Å². The molecule has 0 aromatic carbocycles. The lowest BCUT2D eigenvalue weighted by molar-refractivity contribution is -0.137. The van der Waals surface area contributed by atoms with Crippen molar-refractivity contribution in [2.24, 2.45) is 0 Å². The third-order valence-electron chi connectivity index (χ3n) is 6.85. The van der Waals surface area contributed by atoms with Gasteiger partial charge in [-0.3, -0.25) is 14.5 Å². The van der Waals surface area contributed by atoms with Crippen LogP contribution in [0.1, 0.15) is 32.1 Å². The largest absolute Gasteiger partial charge is 0.500 e. The predicted molar refractivity (Wildman–Crippen MR) is 142 cm³/mol. The van der Waals surface area contributed by atoms with E-state index in [2.05, 4.69) is 0 Å². The van der Waals surface area contributed by atoms with Crippen LogP contribution in [0.2, 0.25) is 18.1 Å². The molecule has 12 nitrogen and oxygen atoms in total. The van der Waals surface area contributed by atoms with Gasteiger partial charge in [-0.2, -0.15) is 0 Å². The van der Waals surface area contributed by atoms with Crippen LogP contribution in [0.3, 0.4) is 0 Å². The zero-order valence-corrected chi connectivity index (χ0v) is 26.8. The Hall–Kier alpha value is -0.829. The molecule has 0 radical (unpaired) electrons. The second-order valence-electron chi connectivity index (χ2n) is 8.42. The Morgan fingerprint density at radius 3 is 1.03 bits per heavy atom. The number of amides is 2. The predicted octanol–water partition coefficient (Wildman–Crippen LogP) is 2.24. The molecular formula is C22H45NO11Si3. The molecule has 1 heterocycles. The van der Waals surface area contributed by atoms with Crippen LogP contribution in [0, 0.1) is 0 Å². The van der Waals surface area contributed by atoms with Crippen molar-refractivity contribution in [1.29, 1.82) is 0 Å². The lowest BCUT2D eigenvalue weighted by atomic mass is 10.0. The van der Waals surface area contributed by atoms with E-state index in [4.69, 9.17) is 39.8 Å². The maximum Gasteiger partial charge on any atom is 0.500 e. The highest BCUT2D eigenvalue weighted by atomic mass is 28.4. The molecule has 0 saturated carbocycles. The van der Waals surface area contributed by atoms with Crippen molar-refractivity contribution in [2.45, 2.75) is 50.2 Å². The lowest BCUT2D eigenvalue weighted by Crippen LogP contribution is -2.43. The van der Waals surface area contributed by atoms with E-state index in [1.54, 1.807) is 42.7 Å². The fraction of sp³-hybridized carbons (Fsp3) is 0.818. The summed E-state index contributed by atoms with van der Waals surface area (Å²) in [4.78, 5) is 28.1. The van der Waals surface area contributed by atoms with E-state index in [9.17, 15) is 9.59 Å². The van der Waals surface area contributed by atoms with Gasteiger partial charge in [0, 0.05) is 99.8 Å². The number of carbonyl (C=O) groups is 2. The fourth-order valence-corrected chi connectivity index (χ4v) is 9.63. The van der Waals surface area contributed by atoms with E-state index in [-0.39, 0.29) is 18.4 Å². The molecule has 216 valence electrons. The monoisotopic (exact) mass is 583 g/mol. The smallest absolute Gasteiger partial charge is 0.377 e. The molecule has 0 bridgehead atoms. The van der Waals surface area contributed by atoms with E-state index >= 15 is 0 Å². The van der Waals surface area contributed by atoms with Crippen molar-refractivity contribution < 1.29 is 49.4 Å². The molecule has 1 aliphatic rings. The highest BCUT2D eigenvalue weighted by Crippen LogP contribution is 2.32. The topological polar surface area (TPSA) is 120 Å². The summed E-state index contributed by atoms with van der Waals surface area (Å²) in [5.41, 5.74) is 1.04. The minimum Gasteiger partial charge on any atom is -0.377 e. The summed E-state index contributed by atoms with van der Waals surface area (Å²) in [5, 5.41) is 0. The SMILES string of the molecule is CO[Si](CCCC1=C(CCC[Si](OC)(OC)OC)C(=O)N(CCC[Si](OC)(OC)OC)C1=O)(OC)OC. The van der Waals surface area contributed by atoms with Crippen molar-refractivity contribution in [3.8, 4) is 0 Å². The molecule has 15 heteroatoms. The Bertz CT molecular complexity index is 683. The zero-order valence-electron chi connectivity index (χ0n) is 23.8. The molecule has 1 rings (SSSR count). The van der Waals surface area contributed by atoms with Crippen molar-refractivity contribution in [1.82, 2.24) is 4.90 Å².